The van der Waals surface area contributed by atoms with Gasteiger partial charge in [-0.05, 0) is 60.8 Å². The monoisotopic (exact) mass is 307 g/mol. The fourth-order valence-electron chi connectivity index (χ4n) is 3.05. The van der Waals surface area contributed by atoms with Crippen LogP contribution in [-0.4, -0.2) is 12.6 Å². The molecule has 0 heterocycles. The third-order valence-electron chi connectivity index (χ3n) is 4.83. The molecule has 1 unspecified atom stereocenters. The normalized spacial score (nSPS) is 32.9. The molecule has 2 aliphatic carbocycles. The van der Waals surface area contributed by atoms with Gasteiger partial charge in [-0.1, -0.05) is 41.9 Å². The minimum absolute atomic E-state index is 0.612. The Morgan fingerprint density at radius 1 is 1.33 bits per heavy atom. The largest absolute Gasteiger partial charge is 0.314 e. The molecule has 1 aromatic carbocycles. The quantitative estimate of drug-likeness (QED) is 0.873. The lowest BCUT2D eigenvalue weighted by Crippen LogP contribution is -2.41. The highest BCUT2D eigenvalue weighted by molar-refractivity contribution is 9.10. The van der Waals surface area contributed by atoms with Gasteiger partial charge in [0.2, 0.25) is 0 Å². The smallest absolute Gasteiger partial charge is 0.0178 e. The van der Waals surface area contributed by atoms with Gasteiger partial charge in [-0.2, -0.15) is 0 Å². The molecule has 2 heteroatoms. The number of nitrogens with one attached hydrogen (secondary N) is 1. The molecule has 18 heavy (non-hydrogen) atoms. The highest BCUT2D eigenvalue weighted by Crippen LogP contribution is 2.51. The van der Waals surface area contributed by atoms with Crippen LogP contribution in [0.15, 0.2) is 28.7 Å². The molecular weight excluding hydrogens is 286 g/mol. The molecule has 3 rings (SSSR count). The van der Waals surface area contributed by atoms with E-state index in [1.165, 1.54) is 35.8 Å². The van der Waals surface area contributed by atoms with Gasteiger partial charge in [-0.25, -0.2) is 0 Å². The van der Waals surface area contributed by atoms with Gasteiger partial charge < -0.3 is 5.32 Å². The van der Waals surface area contributed by atoms with Crippen LogP contribution in [-0.2, 0) is 0 Å². The van der Waals surface area contributed by atoms with E-state index in [2.05, 4.69) is 59.4 Å². The Hall–Kier alpha value is -0.340. The summed E-state index contributed by atoms with van der Waals surface area (Å²) in [6, 6.07) is 9.53. The Labute approximate surface area is 118 Å². The molecule has 98 valence electrons. The van der Waals surface area contributed by atoms with Crippen molar-refractivity contribution in [3.8, 4) is 0 Å². The zero-order valence-corrected chi connectivity index (χ0v) is 12.8. The minimum Gasteiger partial charge on any atom is -0.314 e. The molecule has 0 spiro atoms. The van der Waals surface area contributed by atoms with Crippen LogP contribution in [0.25, 0.3) is 0 Å². The molecule has 1 aromatic rings. The predicted octanol–water partition coefficient (Wildman–Crippen LogP) is 4.33. The van der Waals surface area contributed by atoms with Crippen LogP contribution in [0, 0.1) is 11.3 Å². The topological polar surface area (TPSA) is 12.0 Å². The summed E-state index contributed by atoms with van der Waals surface area (Å²) in [6.45, 7) is 5.98. The van der Waals surface area contributed by atoms with Gasteiger partial charge >= 0.3 is 0 Å². The Kier molecular flexibility index (Phi) is 3.27. The molecule has 1 atom stereocenters. The third kappa shape index (κ3) is 2.65. The van der Waals surface area contributed by atoms with Crippen LogP contribution in [0.3, 0.4) is 0 Å². The summed E-state index contributed by atoms with van der Waals surface area (Å²) in [5, 5.41) is 3.74. The van der Waals surface area contributed by atoms with Gasteiger partial charge in [0.25, 0.3) is 0 Å². The summed E-state index contributed by atoms with van der Waals surface area (Å²) >= 11 is 3.55. The van der Waals surface area contributed by atoms with Crippen LogP contribution in [0.1, 0.15) is 44.6 Å². The number of rotatable bonds is 4. The molecule has 0 saturated heterocycles. The summed E-state index contributed by atoms with van der Waals surface area (Å²) in [5.74, 6) is 1.69. The van der Waals surface area contributed by atoms with Gasteiger partial charge in [0.1, 0.15) is 0 Å². The van der Waals surface area contributed by atoms with Crippen molar-refractivity contribution >= 4 is 15.9 Å². The highest BCUT2D eigenvalue weighted by atomic mass is 79.9. The molecule has 0 aromatic heterocycles. The average Bonchev–Trinajstić information content (AvgIpc) is 2.84. The van der Waals surface area contributed by atoms with Crippen molar-refractivity contribution in [3.63, 3.8) is 0 Å². The lowest BCUT2D eigenvalue weighted by molar-refractivity contribution is 0.284. The maximum Gasteiger partial charge on any atom is 0.0178 e. The molecule has 0 bridgehead atoms. The highest BCUT2D eigenvalue weighted by Gasteiger charge is 2.45. The van der Waals surface area contributed by atoms with Gasteiger partial charge in [0.15, 0.2) is 0 Å². The molecule has 0 aliphatic heterocycles. The van der Waals surface area contributed by atoms with Crippen molar-refractivity contribution in [2.75, 3.05) is 6.54 Å². The fraction of sp³-hybridized carbons (Fsp3) is 0.625. The van der Waals surface area contributed by atoms with E-state index in [0.29, 0.717) is 5.41 Å². The van der Waals surface area contributed by atoms with E-state index in [4.69, 9.17) is 0 Å². The van der Waals surface area contributed by atoms with E-state index in [9.17, 15) is 0 Å². The van der Waals surface area contributed by atoms with Crippen molar-refractivity contribution in [1.82, 2.24) is 5.32 Å². The summed E-state index contributed by atoms with van der Waals surface area (Å²) in [4.78, 5) is 0. The SMILES string of the molecule is CC1(C)CC1CNC1CC(c2cccc(Br)c2)C1. The zero-order chi connectivity index (χ0) is 12.8. The molecule has 1 N–H and O–H groups in total. The van der Waals surface area contributed by atoms with Crippen molar-refractivity contribution in [1.29, 1.82) is 0 Å². The van der Waals surface area contributed by atoms with E-state index < -0.39 is 0 Å². The standard InChI is InChI=1S/C16H22BrN/c1-16(2)9-13(16)10-18-15-7-12(8-15)11-4-3-5-14(17)6-11/h3-6,12-13,15,18H,7-10H2,1-2H3. The van der Waals surface area contributed by atoms with Crippen LogP contribution in [0.2, 0.25) is 0 Å². The van der Waals surface area contributed by atoms with E-state index in [-0.39, 0.29) is 0 Å². The lowest BCUT2D eigenvalue weighted by Gasteiger charge is -2.36. The Balaban J connectivity index is 1.43. The van der Waals surface area contributed by atoms with Crippen molar-refractivity contribution in [3.05, 3.63) is 34.3 Å². The first-order chi connectivity index (χ1) is 8.54. The van der Waals surface area contributed by atoms with E-state index in [1.54, 1.807) is 0 Å². The van der Waals surface area contributed by atoms with Gasteiger partial charge in [-0.15, -0.1) is 0 Å². The predicted molar refractivity (Wildman–Crippen MR) is 79.8 cm³/mol. The maximum absolute atomic E-state index is 3.74. The van der Waals surface area contributed by atoms with Gasteiger partial charge in [0, 0.05) is 10.5 Å². The van der Waals surface area contributed by atoms with Gasteiger partial charge in [-0.3, -0.25) is 0 Å². The van der Waals surface area contributed by atoms with Crippen LogP contribution < -0.4 is 5.32 Å². The van der Waals surface area contributed by atoms with E-state index >= 15 is 0 Å². The molecule has 1 nitrogen and oxygen atoms in total. The van der Waals surface area contributed by atoms with Crippen molar-refractivity contribution < 1.29 is 0 Å². The third-order valence-corrected chi connectivity index (χ3v) is 5.32. The lowest BCUT2D eigenvalue weighted by atomic mass is 9.76. The summed E-state index contributed by atoms with van der Waals surface area (Å²) in [7, 11) is 0. The fourth-order valence-corrected chi connectivity index (χ4v) is 3.47. The maximum atomic E-state index is 3.74. The first kappa shape index (κ1) is 12.7. The second kappa shape index (κ2) is 4.64. The van der Waals surface area contributed by atoms with Crippen molar-refractivity contribution in [2.24, 2.45) is 11.3 Å². The summed E-state index contributed by atoms with van der Waals surface area (Å²) in [5.41, 5.74) is 2.11. The minimum atomic E-state index is 0.612. The zero-order valence-electron chi connectivity index (χ0n) is 11.2. The number of hydrogen-bond acceptors (Lipinski definition) is 1. The van der Waals surface area contributed by atoms with Crippen molar-refractivity contribution in [2.45, 2.75) is 45.1 Å². The van der Waals surface area contributed by atoms with Gasteiger partial charge in [0.05, 0.1) is 0 Å². The van der Waals surface area contributed by atoms with Crippen LogP contribution in [0.4, 0.5) is 0 Å². The molecular formula is C16H22BrN. The Morgan fingerprint density at radius 3 is 2.67 bits per heavy atom. The molecule has 2 aliphatic rings. The molecule has 2 fully saturated rings. The molecule has 2 saturated carbocycles. The molecule has 0 radical (unpaired) electrons. The summed E-state index contributed by atoms with van der Waals surface area (Å²) in [6.07, 6.45) is 4.02. The van der Waals surface area contributed by atoms with Crippen LogP contribution >= 0.6 is 15.9 Å². The number of halogens is 1. The first-order valence-corrected chi connectivity index (χ1v) is 7.83. The van der Waals surface area contributed by atoms with E-state index in [1.807, 2.05) is 0 Å². The molecule has 0 amide bonds. The first-order valence-electron chi connectivity index (χ1n) is 7.03. The number of hydrogen-bond donors (Lipinski definition) is 1. The average molecular weight is 308 g/mol. The second-order valence-corrected chi connectivity index (χ2v) is 7.63. The Morgan fingerprint density at radius 2 is 2.06 bits per heavy atom. The van der Waals surface area contributed by atoms with E-state index in [0.717, 1.165) is 17.9 Å². The second-order valence-electron chi connectivity index (χ2n) is 6.72. The van der Waals surface area contributed by atoms with Crippen LogP contribution in [0.5, 0.6) is 0 Å². The number of benzene rings is 1. The Bertz CT molecular complexity index is 434. The summed E-state index contributed by atoms with van der Waals surface area (Å²) < 4.78 is 1.20.